The Morgan fingerprint density at radius 2 is 2.15 bits per heavy atom. The molecule has 0 radical (unpaired) electrons. The molecule has 2 atom stereocenters. The number of halogens is 1. The second-order valence-electron chi connectivity index (χ2n) is 6.64. The molecule has 3 rings (SSSR count). The van der Waals surface area contributed by atoms with Gasteiger partial charge in [-0.3, -0.25) is 9.59 Å². The Balaban J connectivity index is 2.23. The number of methoxy groups -OCH3 is 1. The van der Waals surface area contributed by atoms with Crippen molar-refractivity contribution < 1.29 is 19.0 Å². The minimum absolute atomic E-state index is 0.108. The third-order valence-electron chi connectivity index (χ3n) is 5.15. The first-order valence-corrected chi connectivity index (χ1v) is 9.81. The number of rotatable bonds is 6. The van der Waals surface area contributed by atoms with E-state index in [4.69, 9.17) is 14.2 Å². The maximum atomic E-state index is 13.2. The van der Waals surface area contributed by atoms with Crippen molar-refractivity contribution in [3.05, 3.63) is 26.6 Å². The Hall–Kier alpha value is -1.38. The van der Waals surface area contributed by atoms with Crippen molar-refractivity contribution >= 4 is 21.8 Å². The van der Waals surface area contributed by atoms with Crippen LogP contribution in [-0.4, -0.2) is 55.1 Å². The van der Waals surface area contributed by atoms with E-state index in [2.05, 4.69) is 15.9 Å². The zero-order chi connectivity index (χ0) is 18.9. The number of nitrogens with zero attached hydrogens (tertiary/aromatic N) is 2. The van der Waals surface area contributed by atoms with Crippen LogP contribution in [0.4, 0.5) is 0 Å². The van der Waals surface area contributed by atoms with Gasteiger partial charge in [0.1, 0.15) is 5.54 Å². The molecule has 1 saturated heterocycles. The van der Waals surface area contributed by atoms with Gasteiger partial charge in [0.2, 0.25) is 5.43 Å². The monoisotopic (exact) mass is 428 g/mol. The van der Waals surface area contributed by atoms with E-state index in [9.17, 15) is 9.59 Å². The van der Waals surface area contributed by atoms with Crippen LogP contribution in [0.15, 0.2) is 15.5 Å². The van der Waals surface area contributed by atoms with Gasteiger partial charge in [-0.2, -0.15) is 0 Å². The first-order chi connectivity index (χ1) is 12.5. The predicted octanol–water partition coefficient (Wildman–Crippen LogP) is 2.35. The average molecular weight is 429 g/mol. The number of hydrogen-bond donors (Lipinski definition) is 0. The van der Waals surface area contributed by atoms with Gasteiger partial charge >= 0.3 is 0 Å². The second kappa shape index (κ2) is 7.70. The Bertz CT molecular complexity index is 742. The lowest BCUT2D eigenvalue weighted by Gasteiger charge is -2.48. The van der Waals surface area contributed by atoms with Crippen molar-refractivity contribution in [1.82, 2.24) is 9.47 Å². The van der Waals surface area contributed by atoms with Crippen LogP contribution in [-0.2, 0) is 15.0 Å². The van der Waals surface area contributed by atoms with E-state index in [0.29, 0.717) is 37.3 Å². The number of fused-ring (bicyclic) bond motifs is 2. The fraction of sp³-hybridized carbons (Fsp3) is 0.667. The molecule has 1 aromatic heterocycles. The van der Waals surface area contributed by atoms with Crippen molar-refractivity contribution in [3.63, 3.8) is 0 Å². The highest BCUT2D eigenvalue weighted by atomic mass is 79.9. The topological polar surface area (TPSA) is 70.0 Å². The van der Waals surface area contributed by atoms with Gasteiger partial charge in [0.05, 0.1) is 17.7 Å². The minimum atomic E-state index is -0.576. The third-order valence-corrected chi connectivity index (χ3v) is 5.71. The fourth-order valence-electron chi connectivity index (χ4n) is 3.83. The average Bonchev–Trinajstić information content (AvgIpc) is 3.11. The van der Waals surface area contributed by atoms with Gasteiger partial charge in [-0.25, -0.2) is 0 Å². The van der Waals surface area contributed by atoms with Gasteiger partial charge in [-0.1, -0.05) is 13.3 Å². The Kier molecular flexibility index (Phi) is 5.74. The number of ether oxygens (including phenoxy) is 3. The van der Waals surface area contributed by atoms with Crippen LogP contribution in [0.3, 0.4) is 0 Å². The summed E-state index contributed by atoms with van der Waals surface area (Å²) in [5.41, 5.74) is -0.593. The molecule has 2 aliphatic heterocycles. The van der Waals surface area contributed by atoms with E-state index in [1.807, 2.05) is 18.4 Å². The van der Waals surface area contributed by atoms with Crippen LogP contribution < -0.4 is 10.2 Å². The SMILES string of the molecule is CCCCOc1c2n(cc(Br)c1=O)C1(CCOC1)C(OC)N(CC)C2=O. The fourth-order valence-corrected chi connectivity index (χ4v) is 4.21. The van der Waals surface area contributed by atoms with Gasteiger partial charge in [-0.05, 0) is 29.3 Å². The van der Waals surface area contributed by atoms with Gasteiger partial charge < -0.3 is 23.7 Å². The number of pyridine rings is 1. The number of amides is 1. The molecule has 0 N–H and O–H groups in total. The molecular formula is C18H25BrN2O5. The van der Waals surface area contributed by atoms with Crippen molar-refractivity contribution in [1.29, 1.82) is 0 Å². The van der Waals surface area contributed by atoms with E-state index in [1.54, 1.807) is 18.2 Å². The summed E-state index contributed by atoms with van der Waals surface area (Å²) in [5, 5.41) is 0. The first kappa shape index (κ1) is 19.4. The number of unbranched alkanes of at least 4 members (excludes halogenated alkanes) is 1. The number of hydrogen-bond acceptors (Lipinski definition) is 5. The summed E-state index contributed by atoms with van der Waals surface area (Å²) in [7, 11) is 1.60. The van der Waals surface area contributed by atoms with Crippen LogP contribution in [0.25, 0.3) is 0 Å². The van der Waals surface area contributed by atoms with Crippen molar-refractivity contribution in [3.8, 4) is 5.75 Å². The zero-order valence-electron chi connectivity index (χ0n) is 15.4. The molecule has 1 fully saturated rings. The summed E-state index contributed by atoms with van der Waals surface area (Å²) in [6.45, 7) is 5.79. The molecule has 1 aromatic rings. The molecule has 1 amide bonds. The minimum Gasteiger partial charge on any atom is -0.487 e. The maximum Gasteiger partial charge on any atom is 0.276 e. The highest BCUT2D eigenvalue weighted by Gasteiger charge is 2.54. The summed E-state index contributed by atoms with van der Waals surface area (Å²) < 4.78 is 19.4. The summed E-state index contributed by atoms with van der Waals surface area (Å²) in [6.07, 6.45) is 3.65. The second-order valence-corrected chi connectivity index (χ2v) is 7.50. The Morgan fingerprint density at radius 1 is 1.38 bits per heavy atom. The molecule has 0 bridgehead atoms. The number of aromatic nitrogens is 1. The van der Waals surface area contributed by atoms with Crippen LogP contribution in [0.2, 0.25) is 0 Å². The van der Waals surface area contributed by atoms with Crippen molar-refractivity contribution in [2.24, 2.45) is 0 Å². The molecular weight excluding hydrogens is 404 g/mol. The van der Waals surface area contributed by atoms with Gasteiger partial charge in [0.15, 0.2) is 17.7 Å². The Morgan fingerprint density at radius 3 is 2.73 bits per heavy atom. The normalized spacial score (nSPS) is 25.0. The zero-order valence-corrected chi connectivity index (χ0v) is 17.0. The Labute approximate surface area is 161 Å². The molecule has 0 aromatic carbocycles. The van der Waals surface area contributed by atoms with Crippen LogP contribution >= 0.6 is 15.9 Å². The molecule has 8 heteroatoms. The van der Waals surface area contributed by atoms with Crippen molar-refractivity contribution in [2.75, 3.05) is 33.5 Å². The highest BCUT2D eigenvalue weighted by Crippen LogP contribution is 2.41. The smallest absolute Gasteiger partial charge is 0.276 e. The first-order valence-electron chi connectivity index (χ1n) is 9.01. The number of carbonyl (C=O) groups is 1. The van der Waals surface area contributed by atoms with E-state index in [1.165, 1.54) is 0 Å². The molecule has 3 heterocycles. The quantitative estimate of drug-likeness (QED) is 0.650. The molecule has 2 unspecified atom stereocenters. The van der Waals surface area contributed by atoms with Crippen LogP contribution in [0, 0.1) is 0 Å². The predicted molar refractivity (Wildman–Crippen MR) is 99.7 cm³/mol. The van der Waals surface area contributed by atoms with Gasteiger partial charge in [0.25, 0.3) is 5.91 Å². The van der Waals surface area contributed by atoms with Crippen LogP contribution in [0.5, 0.6) is 5.75 Å². The lowest BCUT2D eigenvalue weighted by Crippen LogP contribution is -2.62. The molecule has 26 heavy (non-hydrogen) atoms. The molecule has 144 valence electrons. The summed E-state index contributed by atoms with van der Waals surface area (Å²) in [5.74, 6) is -0.148. The maximum absolute atomic E-state index is 13.2. The number of carbonyl (C=O) groups excluding carboxylic acids is 1. The van der Waals surface area contributed by atoms with E-state index < -0.39 is 11.8 Å². The lowest BCUT2D eigenvalue weighted by molar-refractivity contribution is -0.105. The third kappa shape index (κ3) is 2.88. The van der Waals surface area contributed by atoms with E-state index in [-0.39, 0.29) is 22.8 Å². The highest BCUT2D eigenvalue weighted by molar-refractivity contribution is 9.10. The summed E-state index contributed by atoms with van der Waals surface area (Å²) in [6, 6.07) is 0. The molecule has 7 nitrogen and oxygen atoms in total. The van der Waals surface area contributed by atoms with Gasteiger partial charge in [0, 0.05) is 32.9 Å². The number of likely N-dealkylation sites (N-methyl/N-ethyl adjacent to an activating group) is 1. The molecule has 2 aliphatic rings. The summed E-state index contributed by atoms with van der Waals surface area (Å²) >= 11 is 3.34. The van der Waals surface area contributed by atoms with Crippen LogP contribution in [0.1, 0.15) is 43.6 Å². The standard InChI is InChI=1S/C18H25BrN2O5/c1-4-6-8-26-15-13-16(23)20(5-2)17(24-3)18(7-9-25-11-18)21(13)10-12(19)14(15)22/h10,17H,4-9,11H2,1-3H3. The lowest BCUT2D eigenvalue weighted by atomic mass is 9.90. The van der Waals surface area contributed by atoms with E-state index >= 15 is 0 Å². The molecule has 0 saturated carbocycles. The largest absolute Gasteiger partial charge is 0.487 e. The molecule has 1 spiro atoms. The van der Waals surface area contributed by atoms with Crippen molar-refractivity contribution in [2.45, 2.75) is 44.9 Å². The van der Waals surface area contributed by atoms with E-state index in [0.717, 1.165) is 12.8 Å². The molecule has 0 aliphatic carbocycles. The van der Waals surface area contributed by atoms with Gasteiger partial charge in [-0.15, -0.1) is 0 Å². The summed E-state index contributed by atoms with van der Waals surface area (Å²) in [4.78, 5) is 27.6.